The zero-order valence-corrected chi connectivity index (χ0v) is 10.4. The molecule has 3 heteroatoms. The third-order valence-electron chi connectivity index (χ3n) is 3.08. The predicted octanol–water partition coefficient (Wildman–Crippen LogP) is 2.11. The summed E-state index contributed by atoms with van der Waals surface area (Å²) in [4.78, 5) is 0. The van der Waals surface area contributed by atoms with Crippen molar-refractivity contribution in [3.05, 3.63) is 53.9 Å². The van der Waals surface area contributed by atoms with Crippen molar-refractivity contribution in [2.45, 2.75) is 12.5 Å². The average Bonchev–Trinajstić information content (AvgIpc) is 2.75. The van der Waals surface area contributed by atoms with Gasteiger partial charge >= 0.3 is 0 Å². The number of nitrogens with two attached hydrogens (primary N) is 1. The lowest BCUT2D eigenvalue weighted by atomic mass is 10.00. The number of benzene rings is 1. The number of likely N-dealkylation sites (N-methyl/N-ethyl adjacent to an activating group) is 1. The van der Waals surface area contributed by atoms with Crippen molar-refractivity contribution < 1.29 is 0 Å². The number of para-hydroxylation sites is 1. The van der Waals surface area contributed by atoms with Crippen molar-refractivity contribution in [3.63, 3.8) is 0 Å². The normalized spacial score (nSPS) is 12.6. The first-order valence-corrected chi connectivity index (χ1v) is 5.83. The van der Waals surface area contributed by atoms with Crippen LogP contribution in [0.5, 0.6) is 0 Å². The van der Waals surface area contributed by atoms with Gasteiger partial charge in [0, 0.05) is 31.2 Å². The molecule has 1 aromatic heterocycles. The molecule has 1 aromatic carbocycles. The second kappa shape index (κ2) is 5.06. The van der Waals surface area contributed by atoms with Crippen LogP contribution < -0.4 is 11.1 Å². The van der Waals surface area contributed by atoms with E-state index in [1.165, 1.54) is 11.1 Å². The molecule has 0 saturated heterocycles. The summed E-state index contributed by atoms with van der Waals surface area (Å²) in [6, 6.07) is 10.5. The van der Waals surface area contributed by atoms with Gasteiger partial charge in [-0.3, -0.25) is 0 Å². The molecule has 2 rings (SSSR count). The maximum Gasteiger partial charge on any atom is 0.0374 e. The summed E-state index contributed by atoms with van der Waals surface area (Å²) >= 11 is 0. The fourth-order valence-corrected chi connectivity index (χ4v) is 2.06. The molecule has 0 spiro atoms. The highest BCUT2D eigenvalue weighted by Crippen LogP contribution is 2.21. The average molecular weight is 229 g/mol. The van der Waals surface area contributed by atoms with E-state index < -0.39 is 0 Å². The monoisotopic (exact) mass is 229 g/mol. The Bertz CT molecular complexity index is 488. The van der Waals surface area contributed by atoms with Gasteiger partial charge in [-0.1, -0.05) is 18.2 Å². The highest BCUT2D eigenvalue weighted by Gasteiger charge is 2.12. The summed E-state index contributed by atoms with van der Waals surface area (Å²) in [5.74, 6) is 0. The number of nitrogens with one attached hydrogen (secondary N) is 1. The van der Waals surface area contributed by atoms with Crippen LogP contribution in [0.4, 0.5) is 5.69 Å². The molecule has 0 amide bonds. The van der Waals surface area contributed by atoms with Crippen LogP contribution in [0.2, 0.25) is 0 Å². The molecule has 17 heavy (non-hydrogen) atoms. The van der Waals surface area contributed by atoms with Crippen molar-refractivity contribution in [3.8, 4) is 0 Å². The number of aryl methyl sites for hydroxylation is 1. The molecule has 1 heterocycles. The summed E-state index contributed by atoms with van der Waals surface area (Å²) < 4.78 is 2.06. The minimum absolute atomic E-state index is 0.306. The Morgan fingerprint density at radius 2 is 2.06 bits per heavy atom. The number of nitrogens with zero attached hydrogens (tertiary/aromatic N) is 1. The van der Waals surface area contributed by atoms with E-state index in [2.05, 4.69) is 34.4 Å². The van der Waals surface area contributed by atoms with Gasteiger partial charge < -0.3 is 15.6 Å². The molecular weight excluding hydrogens is 210 g/mol. The number of nitrogen functional groups attached to an aromatic ring is 1. The zero-order valence-electron chi connectivity index (χ0n) is 10.4. The molecule has 0 radical (unpaired) electrons. The van der Waals surface area contributed by atoms with Crippen LogP contribution in [0, 0.1) is 0 Å². The highest BCUT2D eigenvalue weighted by molar-refractivity contribution is 5.47. The molecule has 2 aromatic rings. The molecule has 0 bridgehead atoms. The summed E-state index contributed by atoms with van der Waals surface area (Å²) in [7, 11) is 4.02. The molecule has 90 valence electrons. The fraction of sp³-hybridized carbons (Fsp3) is 0.286. The lowest BCUT2D eigenvalue weighted by Crippen LogP contribution is -2.18. The van der Waals surface area contributed by atoms with Gasteiger partial charge in [-0.05, 0) is 36.7 Å². The Kier molecular flexibility index (Phi) is 3.49. The summed E-state index contributed by atoms with van der Waals surface area (Å²) in [6.45, 7) is 0. The Morgan fingerprint density at radius 1 is 1.29 bits per heavy atom. The minimum Gasteiger partial charge on any atom is -0.399 e. The van der Waals surface area contributed by atoms with Gasteiger partial charge in [-0.15, -0.1) is 0 Å². The first-order valence-electron chi connectivity index (χ1n) is 5.83. The van der Waals surface area contributed by atoms with Gasteiger partial charge in [0.25, 0.3) is 0 Å². The van der Waals surface area contributed by atoms with Crippen molar-refractivity contribution in [2.24, 2.45) is 7.05 Å². The van der Waals surface area contributed by atoms with Gasteiger partial charge in [0.1, 0.15) is 0 Å². The van der Waals surface area contributed by atoms with Crippen LogP contribution in [0.1, 0.15) is 17.2 Å². The Balaban J connectivity index is 2.18. The van der Waals surface area contributed by atoms with Crippen molar-refractivity contribution >= 4 is 5.69 Å². The van der Waals surface area contributed by atoms with Crippen molar-refractivity contribution in [2.75, 3.05) is 12.8 Å². The predicted molar refractivity (Wildman–Crippen MR) is 71.8 cm³/mol. The number of hydrogen-bond donors (Lipinski definition) is 2. The molecule has 0 fully saturated rings. The van der Waals surface area contributed by atoms with E-state index in [9.17, 15) is 0 Å². The molecule has 0 aliphatic carbocycles. The second-order valence-corrected chi connectivity index (χ2v) is 4.35. The van der Waals surface area contributed by atoms with Crippen molar-refractivity contribution in [1.29, 1.82) is 0 Å². The number of aromatic nitrogens is 1. The molecule has 0 aliphatic heterocycles. The summed E-state index contributed by atoms with van der Waals surface area (Å²) in [5.41, 5.74) is 9.32. The standard InChI is InChI=1S/C14H19N3/c1-16-14(12-7-8-17(2)10-12)9-11-5-3-4-6-13(11)15/h3-8,10,14,16H,9,15H2,1-2H3. The van der Waals surface area contributed by atoms with E-state index in [-0.39, 0.29) is 0 Å². The highest BCUT2D eigenvalue weighted by atomic mass is 14.9. The third kappa shape index (κ3) is 2.68. The quantitative estimate of drug-likeness (QED) is 0.789. The van der Waals surface area contributed by atoms with E-state index in [1.54, 1.807) is 0 Å². The minimum atomic E-state index is 0.306. The summed E-state index contributed by atoms with van der Waals surface area (Å²) in [5, 5.41) is 3.34. The molecule has 0 aliphatic rings. The van der Waals surface area contributed by atoms with Gasteiger partial charge in [-0.25, -0.2) is 0 Å². The Labute approximate surface area is 102 Å². The van der Waals surface area contributed by atoms with Crippen LogP contribution in [0.15, 0.2) is 42.7 Å². The van der Waals surface area contributed by atoms with Gasteiger partial charge in [0.15, 0.2) is 0 Å². The van der Waals surface area contributed by atoms with Crippen LogP contribution in [0.25, 0.3) is 0 Å². The first-order chi connectivity index (χ1) is 8.20. The molecule has 1 atom stereocenters. The smallest absolute Gasteiger partial charge is 0.0374 e. The van der Waals surface area contributed by atoms with Crippen LogP contribution >= 0.6 is 0 Å². The third-order valence-corrected chi connectivity index (χ3v) is 3.08. The molecule has 3 nitrogen and oxygen atoms in total. The molecule has 0 saturated carbocycles. The molecular formula is C14H19N3. The lowest BCUT2D eigenvalue weighted by molar-refractivity contribution is 0.592. The van der Waals surface area contributed by atoms with Crippen LogP contribution in [0.3, 0.4) is 0 Å². The van der Waals surface area contributed by atoms with Crippen LogP contribution in [-0.4, -0.2) is 11.6 Å². The fourth-order valence-electron chi connectivity index (χ4n) is 2.06. The zero-order chi connectivity index (χ0) is 12.3. The molecule has 1 unspecified atom stereocenters. The van der Waals surface area contributed by atoms with E-state index in [1.807, 2.05) is 32.3 Å². The Hall–Kier alpha value is -1.74. The maximum atomic E-state index is 5.97. The van der Waals surface area contributed by atoms with Crippen LogP contribution in [-0.2, 0) is 13.5 Å². The first kappa shape index (κ1) is 11.7. The van der Waals surface area contributed by atoms with Crippen molar-refractivity contribution in [1.82, 2.24) is 9.88 Å². The number of rotatable bonds is 4. The SMILES string of the molecule is CNC(Cc1ccccc1N)c1ccn(C)c1. The van der Waals surface area contributed by atoms with Gasteiger partial charge in [0.05, 0.1) is 0 Å². The second-order valence-electron chi connectivity index (χ2n) is 4.35. The maximum absolute atomic E-state index is 5.97. The summed E-state index contributed by atoms with van der Waals surface area (Å²) in [6.07, 6.45) is 5.11. The van der Waals surface area contributed by atoms with E-state index in [4.69, 9.17) is 5.73 Å². The van der Waals surface area contributed by atoms with E-state index >= 15 is 0 Å². The van der Waals surface area contributed by atoms with Gasteiger partial charge in [0.2, 0.25) is 0 Å². The topological polar surface area (TPSA) is 43.0 Å². The van der Waals surface area contributed by atoms with E-state index in [0.29, 0.717) is 6.04 Å². The largest absolute Gasteiger partial charge is 0.399 e. The van der Waals surface area contributed by atoms with Gasteiger partial charge in [-0.2, -0.15) is 0 Å². The van der Waals surface area contributed by atoms with E-state index in [0.717, 1.165) is 12.1 Å². The number of hydrogen-bond acceptors (Lipinski definition) is 2. The molecule has 3 N–H and O–H groups in total. The lowest BCUT2D eigenvalue weighted by Gasteiger charge is -2.16. The Morgan fingerprint density at radius 3 is 2.65 bits per heavy atom. The number of anilines is 1.